The van der Waals surface area contributed by atoms with Gasteiger partial charge in [0.15, 0.2) is 0 Å². The van der Waals surface area contributed by atoms with Gasteiger partial charge in [-0.1, -0.05) is 97.1 Å². The molecule has 13 rings (SSSR count). The Kier molecular flexibility index (Phi) is 4.83. The van der Waals surface area contributed by atoms with E-state index in [1.807, 2.05) is 6.07 Å². The third-order valence-electron chi connectivity index (χ3n) is 11.5. The van der Waals surface area contributed by atoms with Gasteiger partial charge < -0.3 is 18.1 Å². The lowest BCUT2D eigenvalue weighted by molar-refractivity contribution is 0.669. The van der Waals surface area contributed by atoms with Crippen molar-refractivity contribution in [3.05, 3.63) is 164 Å². The molecule has 8 aromatic carbocycles. The van der Waals surface area contributed by atoms with Crippen molar-refractivity contribution in [1.82, 2.24) is 8.80 Å². The lowest BCUT2D eigenvalue weighted by Gasteiger charge is -2.25. The van der Waals surface area contributed by atoms with E-state index in [1.54, 1.807) is 0 Å². The van der Waals surface area contributed by atoms with E-state index in [-0.39, 0.29) is 0 Å². The first kappa shape index (κ1) is 26.8. The zero-order valence-corrected chi connectivity index (χ0v) is 27.8. The van der Waals surface area contributed by atoms with Crippen LogP contribution in [0.25, 0.3) is 98.1 Å². The maximum absolute atomic E-state index is 6.45. The molecule has 0 aliphatic heterocycles. The van der Waals surface area contributed by atoms with Gasteiger partial charge >= 0.3 is 0 Å². The predicted molar refractivity (Wildman–Crippen MR) is 218 cm³/mol. The van der Waals surface area contributed by atoms with E-state index in [4.69, 9.17) is 4.42 Å². The van der Waals surface area contributed by atoms with Crippen LogP contribution in [0, 0.1) is 0 Å². The van der Waals surface area contributed by atoms with Crippen LogP contribution >= 0.6 is 0 Å². The highest BCUT2D eigenvalue weighted by atomic mass is 16.3. The van der Waals surface area contributed by atoms with Crippen molar-refractivity contribution in [2.75, 3.05) is 4.90 Å². The van der Waals surface area contributed by atoms with Crippen LogP contribution in [0.2, 0.25) is 0 Å². The van der Waals surface area contributed by atoms with E-state index in [0.717, 1.165) is 39.0 Å². The SMILES string of the molecule is c1ccc(N(c2ccccc2)c2ccc3c4cc5c(c6cccc7c8cc9c(cc8n5c76)oc5ccccc59)c5c6ccccc6n(c3c2)c45)cc1. The van der Waals surface area contributed by atoms with Crippen molar-refractivity contribution in [3.63, 3.8) is 0 Å². The van der Waals surface area contributed by atoms with E-state index in [1.165, 1.54) is 76.2 Å². The zero-order chi connectivity index (χ0) is 33.7. The summed E-state index contributed by atoms with van der Waals surface area (Å²) >= 11 is 0. The molecule has 0 saturated carbocycles. The van der Waals surface area contributed by atoms with Gasteiger partial charge in [-0.2, -0.15) is 0 Å². The number of aromatic nitrogens is 2. The van der Waals surface area contributed by atoms with Crippen molar-refractivity contribution in [2.45, 2.75) is 0 Å². The van der Waals surface area contributed by atoms with E-state index < -0.39 is 0 Å². The predicted octanol–water partition coefficient (Wildman–Crippen LogP) is 13.4. The van der Waals surface area contributed by atoms with Crippen LogP contribution in [0.4, 0.5) is 17.1 Å². The molecule has 0 spiro atoms. The number of furan rings is 1. The summed E-state index contributed by atoms with van der Waals surface area (Å²) in [6, 6.07) is 59.5. The summed E-state index contributed by atoms with van der Waals surface area (Å²) in [5.74, 6) is 0. The number of nitrogens with zero attached hydrogens (tertiary/aromatic N) is 3. The summed E-state index contributed by atoms with van der Waals surface area (Å²) in [6.07, 6.45) is 0. The standard InChI is InChI=1S/C48H27N3O/c1-3-12-28(13-4-1)49(29-14-5-2-6-15-29)30-22-23-31-38-26-42-45(46-34-17-7-9-20-39(34)50(48(38)46)40(31)24-30)35-19-11-18-33-36-25-37-32-16-8-10-21-43(32)52-44(37)27-41(36)51(42)47(33)35/h1-27H. The topological polar surface area (TPSA) is 25.2 Å². The molecule has 0 N–H and O–H groups in total. The Balaban J connectivity index is 1.19. The first-order chi connectivity index (χ1) is 25.8. The smallest absolute Gasteiger partial charge is 0.137 e. The van der Waals surface area contributed by atoms with Crippen LogP contribution < -0.4 is 4.90 Å². The van der Waals surface area contributed by atoms with E-state index in [2.05, 4.69) is 171 Å². The second-order valence-electron chi connectivity index (χ2n) is 14.1. The van der Waals surface area contributed by atoms with Gasteiger partial charge in [-0.15, -0.1) is 0 Å². The third-order valence-corrected chi connectivity index (χ3v) is 11.5. The van der Waals surface area contributed by atoms with Crippen LogP contribution in [-0.2, 0) is 0 Å². The maximum Gasteiger partial charge on any atom is 0.137 e. The summed E-state index contributed by atoms with van der Waals surface area (Å²) in [7, 11) is 0. The van der Waals surface area contributed by atoms with Gasteiger partial charge in [-0.05, 0) is 60.7 Å². The van der Waals surface area contributed by atoms with Gasteiger partial charge in [0.2, 0.25) is 0 Å². The lowest BCUT2D eigenvalue weighted by Crippen LogP contribution is -2.09. The van der Waals surface area contributed by atoms with Crippen LogP contribution in [0.3, 0.4) is 0 Å². The Hall–Kier alpha value is -7.04. The fourth-order valence-corrected chi connectivity index (χ4v) is 9.47. The minimum atomic E-state index is 0.921. The number of anilines is 3. The molecule has 0 radical (unpaired) electrons. The van der Waals surface area contributed by atoms with Crippen LogP contribution in [0.5, 0.6) is 0 Å². The number of hydrogen-bond donors (Lipinski definition) is 0. The molecule has 0 amide bonds. The molecule has 0 bridgehead atoms. The molecule has 5 aromatic heterocycles. The minimum absolute atomic E-state index is 0.921. The monoisotopic (exact) mass is 661 g/mol. The summed E-state index contributed by atoms with van der Waals surface area (Å²) in [5, 5.41) is 12.6. The Labute approximate surface area is 296 Å². The molecule has 0 aliphatic rings. The number of para-hydroxylation sites is 5. The van der Waals surface area contributed by atoms with Crippen molar-refractivity contribution >= 4 is 115 Å². The Bertz CT molecular complexity index is 3530. The molecule has 13 aromatic rings. The molecule has 240 valence electrons. The summed E-state index contributed by atoms with van der Waals surface area (Å²) in [4.78, 5) is 2.35. The van der Waals surface area contributed by atoms with Gasteiger partial charge in [0.25, 0.3) is 0 Å². The number of hydrogen-bond acceptors (Lipinski definition) is 2. The largest absolute Gasteiger partial charge is 0.456 e. The molecule has 5 heterocycles. The summed E-state index contributed by atoms with van der Waals surface area (Å²) in [5.41, 5.74) is 12.6. The summed E-state index contributed by atoms with van der Waals surface area (Å²) in [6.45, 7) is 0. The molecular formula is C48H27N3O. The molecule has 0 atom stereocenters. The molecular weight excluding hydrogens is 635 g/mol. The molecule has 52 heavy (non-hydrogen) atoms. The first-order valence-electron chi connectivity index (χ1n) is 17.9. The van der Waals surface area contributed by atoms with Crippen LogP contribution in [0.15, 0.2) is 168 Å². The lowest BCUT2D eigenvalue weighted by atomic mass is 10.0. The fourth-order valence-electron chi connectivity index (χ4n) is 9.47. The first-order valence-corrected chi connectivity index (χ1v) is 17.9. The second-order valence-corrected chi connectivity index (χ2v) is 14.1. The Morgan fingerprint density at radius 2 is 1.00 bits per heavy atom. The zero-order valence-electron chi connectivity index (χ0n) is 27.8. The van der Waals surface area contributed by atoms with Crippen LogP contribution in [-0.4, -0.2) is 8.80 Å². The van der Waals surface area contributed by atoms with Crippen LogP contribution in [0.1, 0.15) is 0 Å². The van der Waals surface area contributed by atoms with Gasteiger partial charge in [0.1, 0.15) is 11.2 Å². The number of rotatable bonds is 3. The van der Waals surface area contributed by atoms with Crippen molar-refractivity contribution in [3.8, 4) is 0 Å². The van der Waals surface area contributed by atoms with Crippen molar-refractivity contribution in [1.29, 1.82) is 0 Å². The molecule has 0 unspecified atom stereocenters. The molecule has 4 heteroatoms. The fraction of sp³-hybridized carbons (Fsp3) is 0. The highest BCUT2D eigenvalue weighted by molar-refractivity contribution is 6.38. The Morgan fingerprint density at radius 1 is 0.327 bits per heavy atom. The Morgan fingerprint density at radius 3 is 1.83 bits per heavy atom. The highest BCUT2D eigenvalue weighted by Crippen LogP contribution is 2.49. The normalized spacial score (nSPS) is 12.6. The van der Waals surface area contributed by atoms with Crippen molar-refractivity contribution in [2.24, 2.45) is 0 Å². The molecule has 0 aliphatic carbocycles. The minimum Gasteiger partial charge on any atom is -0.456 e. The quantitative estimate of drug-likeness (QED) is 0.188. The molecule has 0 saturated heterocycles. The average Bonchev–Trinajstić information content (AvgIpc) is 3.98. The summed E-state index contributed by atoms with van der Waals surface area (Å²) < 4.78 is 11.5. The highest BCUT2D eigenvalue weighted by Gasteiger charge is 2.26. The third kappa shape index (κ3) is 3.19. The maximum atomic E-state index is 6.45. The second kappa shape index (κ2) is 9.39. The molecule has 0 fully saturated rings. The number of benzene rings is 8. The van der Waals surface area contributed by atoms with E-state index in [9.17, 15) is 0 Å². The van der Waals surface area contributed by atoms with Gasteiger partial charge in [0, 0.05) is 77.0 Å². The van der Waals surface area contributed by atoms with Gasteiger partial charge in [0.05, 0.1) is 33.1 Å². The van der Waals surface area contributed by atoms with E-state index in [0.29, 0.717) is 0 Å². The van der Waals surface area contributed by atoms with Crippen molar-refractivity contribution < 1.29 is 4.42 Å². The number of fused-ring (bicyclic) bond motifs is 16. The van der Waals surface area contributed by atoms with Gasteiger partial charge in [-0.3, -0.25) is 0 Å². The average molecular weight is 662 g/mol. The van der Waals surface area contributed by atoms with Gasteiger partial charge in [-0.25, -0.2) is 0 Å². The van der Waals surface area contributed by atoms with E-state index >= 15 is 0 Å². The molecule has 4 nitrogen and oxygen atoms in total.